The molecule has 2 unspecified atom stereocenters. The van der Waals surface area contributed by atoms with E-state index in [-0.39, 0.29) is 5.54 Å². The van der Waals surface area contributed by atoms with E-state index in [0.717, 1.165) is 36.6 Å². The zero-order valence-corrected chi connectivity index (χ0v) is 13.1. The van der Waals surface area contributed by atoms with Gasteiger partial charge in [-0.15, -0.1) is 0 Å². The van der Waals surface area contributed by atoms with E-state index in [1.165, 1.54) is 17.7 Å². The molecule has 1 N–H and O–H groups in total. The molecule has 2 atom stereocenters. The van der Waals surface area contributed by atoms with Gasteiger partial charge in [0.1, 0.15) is 6.10 Å². The minimum absolute atomic E-state index is 0.00907. The molecule has 0 bridgehead atoms. The second-order valence-corrected chi connectivity index (χ2v) is 6.95. The van der Waals surface area contributed by atoms with Crippen LogP contribution in [0.25, 0.3) is 0 Å². The zero-order valence-electron chi connectivity index (χ0n) is 12.3. The molecule has 0 spiro atoms. The Kier molecular flexibility index (Phi) is 4.13. The van der Waals surface area contributed by atoms with Gasteiger partial charge in [0, 0.05) is 16.9 Å². The number of benzene rings is 1. The number of hydrogen-bond donors (Lipinski definition) is 1. The first kappa shape index (κ1) is 14.1. The Hall–Kier alpha value is -0.870. The molecule has 1 aromatic carbocycles. The van der Waals surface area contributed by atoms with Crippen LogP contribution < -0.4 is 14.8 Å². The van der Waals surface area contributed by atoms with Gasteiger partial charge < -0.3 is 14.8 Å². The second-order valence-electron chi connectivity index (χ2n) is 5.80. The molecule has 1 aromatic rings. The predicted molar refractivity (Wildman–Crippen MR) is 83.9 cm³/mol. The van der Waals surface area contributed by atoms with E-state index in [4.69, 9.17) is 9.47 Å². The molecular weight excluding hydrogens is 270 g/mol. The Bertz CT molecular complexity index is 466. The standard InChI is InChI=1S/C16H23NO2S/c1-16(8-4-9-17-16)13-5-3-6-14(15(13)18-2)19-12-7-10-20-11-12/h3,5-6,12,17H,4,7-11H2,1-2H3. The first-order valence-electron chi connectivity index (χ1n) is 7.40. The van der Waals surface area contributed by atoms with Crippen molar-refractivity contribution >= 4 is 11.8 Å². The first-order chi connectivity index (χ1) is 9.73. The Morgan fingerprint density at radius 2 is 2.30 bits per heavy atom. The molecule has 0 aliphatic carbocycles. The summed E-state index contributed by atoms with van der Waals surface area (Å²) in [6.07, 6.45) is 3.82. The lowest BCUT2D eigenvalue weighted by molar-refractivity contribution is 0.216. The molecule has 2 saturated heterocycles. The van der Waals surface area contributed by atoms with Crippen LogP contribution in [0.3, 0.4) is 0 Å². The summed E-state index contributed by atoms with van der Waals surface area (Å²) in [4.78, 5) is 0. The molecular formula is C16H23NO2S. The summed E-state index contributed by atoms with van der Waals surface area (Å²) in [7, 11) is 1.74. The monoisotopic (exact) mass is 293 g/mol. The highest BCUT2D eigenvalue weighted by atomic mass is 32.2. The van der Waals surface area contributed by atoms with E-state index in [0.29, 0.717) is 6.10 Å². The van der Waals surface area contributed by atoms with Crippen LogP contribution in [0.15, 0.2) is 18.2 Å². The third kappa shape index (κ3) is 2.63. The van der Waals surface area contributed by atoms with Gasteiger partial charge in [0.15, 0.2) is 11.5 Å². The normalized spacial score (nSPS) is 29.6. The van der Waals surface area contributed by atoms with Crippen LogP contribution in [0.5, 0.6) is 11.5 Å². The number of hydrogen-bond acceptors (Lipinski definition) is 4. The van der Waals surface area contributed by atoms with Gasteiger partial charge >= 0.3 is 0 Å². The molecule has 0 amide bonds. The van der Waals surface area contributed by atoms with Gasteiger partial charge in [-0.05, 0) is 44.6 Å². The Balaban J connectivity index is 1.90. The second kappa shape index (κ2) is 5.86. The molecule has 2 fully saturated rings. The Morgan fingerprint density at radius 3 is 2.95 bits per heavy atom. The van der Waals surface area contributed by atoms with E-state index < -0.39 is 0 Å². The van der Waals surface area contributed by atoms with E-state index in [2.05, 4.69) is 24.4 Å². The fraction of sp³-hybridized carbons (Fsp3) is 0.625. The van der Waals surface area contributed by atoms with Crippen molar-refractivity contribution in [2.45, 2.75) is 37.8 Å². The van der Waals surface area contributed by atoms with Gasteiger partial charge in [0.25, 0.3) is 0 Å². The predicted octanol–water partition coefficient (Wildman–Crippen LogP) is 3.18. The largest absolute Gasteiger partial charge is 0.493 e. The lowest BCUT2D eigenvalue weighted by atomic mass is 9.89. The molecule has 4 heteroatoms. The Morgan fingerprint density at radius 1 is 1.40 bits per heavy atom. The number of ether oxygens (including phenoxy) is 2. The third-order valence-electron chi connectivity index (χ3n) is 4.33. The van der Waals surface area contributed by atoms with Crippen molar-refractivity contribution < 1.29 is 9.47 Å². The van der Waals surface area contributed by atoms with E-state index in [1.807, 2.05) is 17.8 Å². The molecule has 2 aliphatic rings. The van der Waals surface area contributed by atoms with Crippen LogP contribution in [-0.2, 0) is 5.54 Å². The van der Waals surface area contributed by atoms with Gasteiger partial charge in [-0.1, -0.05) is 12.1 Å². The smallest absolute Gasteiger partial charge is 0.165 e. The average molecular weight is 293 g/mol. The molecule has 20 heavy (non-hydrogen) atoms. The van der Waals surface area contributed by atoms with Gasteiger partial charge in [0.05, 0.1) is 7.11 Å². The summed E-state index contributed by atoms with van der Waals surface area (Å²) in [5, 5.41) is 3.61. The highest BCUT2D eigenvalue weighted by molar-refractivity contribution is 7.99. The van der Waals surface area contributed by atoms with Gasteiger partial charge in [-0.25, -0.2) is 0 Å². The van der Waals surface area contributed by atoms with Crippen molar-refractivity contribution in [1.82, 2.24) is 5.32 Å². The topological polar surface area (TPSA) is 30.5 Å². The first-order valence-corrected chi connectivity index (χ1v) is 8.55. The summed E-state index contributed by atoms with van der Waals surface area (Å²) in [5.74, 6) is 4.09. The summed E-state index contributed by atoms with van der Waals surface area (Å²) >= 11 is 1.97. The van der Waals surface area contributed by atoms with Crippen molar-refractivity contribution in [2.75, 3.05) is 25.2 Å². The molecule has 3 rings (SSSR count). The maximum Gasteiger partial charge on any atom is 0.165 e. The molecule has 0 radical (unpaired) electrons. The van der Waals surface area contributed by atoms with Crippen molar-refractivity contribution in [3.8, 4) is 11.5 Å². The number of rotatable bonds is 4. The summed E-state index contributed by atoms with van der Waals surface area (Å²) in [6.45, 7) is 3.33. The van der Waals surface area contributed by atoms with Gasteiger partial charge in [0.2, 0.25) is 0 Å². The van der Waals surface area contributed by atoms with E-state index in [1.54, 1.807) is 7.11 Å². The van der Waals surface area contributed by atoms with Crippen LogP contribution in [0.2, 0.25) is 0 Å². The SMILES string of the molecule is COc1c(OC2CCSC2)cccc1C1(C)CCCN1. The minimum atomic E-state index is 0.00907. The highest BCUT2D eigenvalue weighted by Gasteiger charge is 2.34. The van der Waals surface area contributed by atoms with Crippen molar-refractivity contribution in [1.29, 1.82) is 0 Å². The maximum absolute atomic E-state index is 6.17. The molecule has 0 aromatic heterocycles. The molecule has 110 valence electrons. The van der Waals surface area contributed by atoms with Crippen LogP contribution in [0, 0.1) is 0 Å². The average Bonchev–Trinajstić information content (AvgIpc) is 3.11. The van der Waals surface area contributed by atoms with Crippen molar-refractivity contribution in [3.05, 3.63) is 23.8 Å². The highest BCUT2D eigenvalue weighted by Crippen LogP contribution is 2.42. The van der Waals surface area contributed by atoms with Crippen LogP contribution >= 0.6 is 11.8 Å². The number of thioether (sulfide) groups is 1. The van der Waals surface area contributed by atoms with Crippen LogP contribution in [0.1, 0.15) is 31.7 Å². The number of methoxy groups -OCH3 is 1. The van der Waals surface area contributed by atoms with E-state index >= 15 is 0 Å². The maximum atomic E-state index is 6.17. The molecule has 2 aliphatic heterocycles. The van der Waals surface area contributed by atoms with Gasteiger partial charge in [-0.3, -0.25) is 0 Å². The van der Waals surface area contributed by atoms with Crippen molar-refractivity contribution in [3.63, 3.8) is 0 Å². The third-order valence-corrected chi connectivity index (χ3v) is 5.46. The Labute approximate surface area is 125 Å². The lowest BCUT2D eigenvalue weighted by Crippen LogP contribution is -2.33. The van der Waals surface area contributed by atoms with Crippen LogP contribution in [0.4, 0.5) is 0 Å². The molecule has 3 nitrogen and oxygen atoms in total. The van der Waals surface area contributed by atoms with Gasteiger partial charge in [-0.2, -0.15) is 11.8 Å². The number of para-hydroxylation sites is 1. The van der Waals surface area contributed by atoms with Crippen LogP contribution in [-0.4, -0.2) is 31.3 Å². The molecule has 0 saturated carbocycles. The van der Waals surface area contributed by atoms with E-state index in [9.17, 15) is 0 Å². The van der Waals surface area contributed by atoms with Crippen molar-refractivity contribution in [2.24, 2.45) is 0 Å². The minimum Gasteiger partial charge on any atom is -0.493 e. The summed E-state index contributed by atoms with van der Waals surface area (Å²) in [6, 6.07) is 6.28. The fourth-order valence-corrected chi connectivity index (χ4v) is 4.26. The summed E-state index contributed by atoms with van der Waals surface area (Å²) < 4.78 is 11.9. The number of nitrogens with one attached hydrogen (secondary N) is 1. The molecule has 2 heterocycles. The summed E-state index contributed by atoms with van der Waals surface area (Å²) in [5.41, 5.74) is 1.23. The fourth-order valence-electron chi connectivity index (χ4n) is 3.16. The quantitative estimate of drug-likeness (QED) is 0.923. The zero-order chi connectivity index (χ0) is 14.0. The lowest BCUT2D eigenvalue weighted by Gasteiger charge is -2.28.